The molecule has 2 heterocycles. The number of rotatable bonds is 4. The molecule has 94 valence electrons. The van der Waals surface area contributed by atoms with E-state index in [0.29, 0.717) is 12.4 Å². The summed E-state index contributed by atoms with van der Waals surface area (Å²) < 4.78 is 5.21. The number of nitrogens with one attached hydrogen (secondary N) is 1. The maximum Gasteiger partial charge on any atom is 0.218 e. The molecule has 0 aromatic carbocycles. The molecule has 0 aliphatic rings. The fourth-order valence-corrected chi connectivity index (χ4v) is 1.66. The van der Waals surface area contributed by atoms with E-state index in [4.69, 9.17) is 4.74 Å². The molecule has 4 heteroatoms. The zero-order valence-electron chi connectivity index (χ0n) is 10.9. The summed E-state index contributed by atoms with van der Waals surface area (Å²) in [5.41, 5.74) is 3.25. The van der Waals surface area contributed by atoms with E-state index in [1.807, 2.05) is 25.1 Å². The van der Waals surface area contributed by atoms with Crippen LogP contribution < -0.4 is 10.1 Å². The van der Waals surface area contributed by atoms with Crippen molar-refractivity contribution in [3.63, 3.8) is 0 Å². The minimum atomic E-state index is 0.645. The zero-order chi connectivity index (χ0) is 13.0. The van der Waals surface area contributed by atoms with Crippen molar-refractivity contribution in [1.82, 2.24) is 9.97 Å². The minimum Gasteiger partial charge on any atom is -0.481 e. The third-order valence-corrected chi connectivity index (χ3v) is 2.85. The molecular weight excluding hydrogens is 226 g/mol. The van der Waals surface area contributed by atoms with Crippen LogP contribution in [0.4, 0.5) is 5.82 Å². The van der Waals surface area contributed by atoms with E-state index in [1.165, 1.54) is 5.56 Å². The number of nitrogens with zero attached hydrogens (tertiary/aromatic N) is 2. The van der Waals surface area contributed by atoms with E-state index in [9.17, 15) is 0 Å². The fourth-order valence-electron chi connectivity index (χ4n) is 1.66. The van der Waals surface area contributed by atoms with Gasteiger partial charge in [-0.1, -0.05) is 12.1 Å². The van der Waals surface area contributed by atoms with Crippen molar-refractivity contribution >= 4 is 5.82 Å². The number of aromatic nitrogens is 2. The molecule has 0 unspecified atom stereocenters. The number of hydrogen-bond acceptors (Lipinski definition) is 4. The monoisotopic (exact) mass is 243 g/mol. The van der Waals surface area contributed by atoms with Crippen LogP contribution in [-0.4, -0.2) is 17.1 Å². The highest BCUT2D eigenvalue weighted by atomic mass is 16.5. The fraction of sp³-hybridized carbons (Fsp3) is 0.286. The number of ether oxygens (including phenoxy) is 1. The van der Waals surface area contributed by atoms with Crippen LogP contribution in [0.2, 0.25) is 0 Å². The molecule has 2 rings (SSSR count). The molecule has 18 heavy (non-hydrogen) atoms. The first-order valence-corrected chi connectivity index (χ1v) is 5.86. The van der Waals surface area contributed by atoms with Gasteiger partial charge in [0.25, 0.3) is 0 Å². The van der Waals surface area contributed by atoms with Crippen molar-refractivity contribution in [2.24, 2.45) is 0 Å². The van der Waals surface area contributed by atoms with Crippen LogP contribution in [0.5, 0.6) is 5.88 Å². The van der Waals surface area contributed by atoms with Gasteiger partial charge in [0.2, 0.25) is 5.88 Å². The summed E-state index contributed by atoms with van der Waals surface area (Å²) in [5, 5.41) is 3.27. The van der Waals surface area contributed by atoms with Crippen molar-refractivity contribution in [2.45, 2.75) is 20.4 Å². The second-order valence-corrected chi connectivity index (χ2v) is 4.12. The molecule has 0 atom stereocenters. The van der Waals surface area contributed by atoms with Gasteiger partial charge in [0.05, 0.1) is 7.11 Å². The van der Waals surface area contributed by atoms with E-state index in [0.717, 1.165) is 17.1 Å². The van der Waals surface area contributed by atoms with Gasteiger partial charge in [-0.05, 0) is 31.5 Å². The minimum absolute atomic E-state index is 0.645. The predicted molar refractivity (Wildman–Crippen MR) is 71.8 cm³/mol. The van der Waals surface area contributed by atoms with Crippen LogP contribution in [0, 0.1) is 13.8 Å². The quantitative estimate of drug-likeness (QED) is 0.897. The normalized spacial score (nSPS) is 10.2. The van der Waals surface area contributed by atoms with Gasteiger partial charge in [-0.2, -0.15) is 0 Å². The summed E-state index contributed by atoms with van der Waals surface area (Å²) in [7, 11) is 1.63. The summed E-state index contributed by atoms with van der Waals surface area (Å²) in [5.74, 6) is 1.51. The van der Waals surface area contributed by atoms with Gasteiger partial charge in [-0.15, -0.1) is 0 Å². The van der Waals surface area contributed by atoms with E-state index < -0.39 is 0 Å². The van der Waals surface area contributed by atoms with Gasteiger partial charge in [-0.3, -0.25) is 0 Å². The van der Waals surface area contributed by atoms with Gasteiger partial charge >= 0.3 is 0 Å². The van der Waals surface area contributed by atoms with Gasteiger partial charge < -0.3 is 10.1 Å². The largest absolute Gasteiger partial charge is 0.481 e. The average molecular weight is 243 g/mol. The average Bonchev–Trinajstić information content (AvgIpc) is 2.40. The Morgan fingerprint density at radius 3 is 2.78 bits per heavy atom. The van der Waals surface area contributed by atoms with Gasteiger partial charge in [0.1, 0.15) is 5.82 Å². The van der Waals surface area contributed by atoms with E-state index in [-0.39, 0.29) is 0 Å². The van der Waals surface area contributed by atoms with E-state index >= 15 is 0 Å². The predicted octanol–water partition coefficient (Wildman–Crippen LogP) is 2.71. The highest BCUT2D eigenvalue weighted by Gasteiger charge is 2.03. The third-order valence-electron chi connectivity index (χ3n) is 2.85. The Morgan fingerprint density at radius 1 is 1.22 bits per heavy atom. The Bertz CT molecular complexity index is 540. The zero-order valence-corrected chi connectivity index (χ0v) is 10.9. The maximum atomic E-state index is 5.21. The van der Waals surface area contributed by atoms with Crippen molar-refractivity contribution in [1.29, 1.82) is 0 Å². The lowest BCUT2D eigenvalue weighted by Gasteiger charge is -2.10. The summed E-state index contributed by atoms with van der Waals surface area (Å²) in [6.45, 7) is 4.70. The summed E-state index contributed by atoms with van der Waals surface area (Å²) in [6, 6.07) is 7.92. The van der Waals surface area contributed by atoms with Crippen LogP contribution >= 0.6 is 0 Å². The Balaban J connectivity index is 2.09. The Morgan fingerprint density at radius 2 is 2.06 bits per heavy atom. The lowest BCUT2D eigenvalue weighted by molar-refractivity contribution is 0.393. The Labute approximate surface area is 107 Å². The highest BCUT2D eigenvalue weighted by Crippen LogP contribution is 2.16. The van der Waals surface area contributed by atoms with Crippen LogP contribution in [0.1, 0.15) is 16.8 Å². The summed E-state index contributed by atoms with van der Waals surface area (Å²) >= 11 is 0. The standard InChI is InChI=1S/C14H17N3O/c1-10-6-7-13(17-11(10)2)16-9-12-5-4-8-15-14(12)18-3/h4-8H,9H2,1-3H3,(H,16,17). The van der Waals surface area contributed by atoms with Gasteiger partial charge in [-0.25, -0.2) is 9.97 Å². The summed E-state index contributed by atoms with van der Waals surface area (Å²) in [4.78, 5) is 8.63. The molecule has 2 aromatic rings. The highest BCUT2D eigenvalue weighted by molar-refractivity contribution is 5.40. The van der Waals surface area contributed by atoms with Crippen molar-refractivity contribution in [3.05, 3.63) is 47.3 Å². The van der Waals surface area contributed by atoms with Gasteiger partial charge in [0.15, 0.2) is 0 Å². The molecule has 0 saturated heterocycles. The molecule has 0 amide bonds. The molecule has 0 aliphatic heterocycles. The topological polar surface area (TPSA) is 47.0 Å². The molecule has 0 spiro atoms. The van der Waals surface area contributed by atoms with Crippen LogP contribution in [0.3, 0.4) is 0 Å². The second-order valence-electron chi connectivity index (χ2n) is 4.12. The molecule has 0 saturated carbocycles. The maximum absolute atomic E-state index is 5.21. The SMILES string of the molecule is COc1ncccc1CNc1ccc(C)c(C)n1. The summed E-state index contributed by atoms with van der Waals surface area (Å²) in [6.07, 6.45) is 1.72. The lowest BCUT2D eigenvalue weighted by Crippen LogP contribution is -2.04. The molecule has 1 N–H and O–H groups in total. The van der Waals surface area contributed by atoms with Crippen LogP contribution in [-0.2, 0) is 6.54 Å². The molecule has 0 bridgehead atoms. The van der Waals surface area contributed by atoms with Crippen LogP contribution in [0.25, 0.3) is 0 Å². The smallest absolute Gasteiger partial charge is 0.218 e. The number of anilines is 1. The Hall–Kier alpha value is -2.10. The number of methoxy groups -OCH3 is 1. The first-order valence-electron chi connectivity index (χ1n) is 5.86. The number of pyridine rings is 2. The number of aryl methyl sites for hydroxylation is 2. The van der Waals surface area contributed by atoms with Crippen molar-refractivity contribution in [3.8, 4) is 5.88 Å². The molecule has 0 aliphatic carbocycles. The van der Waals surface area contributed by atoms with Crippen molar-refractivity contribution < 1.29 is 4.74 Å². The first-order chi connectivity index (χ1) is 8.70. The molecular formula is C14H17N3O. The lowest BCUT2D eigenvalue weighted by atomic mass is 10.2. The van der Waals surface area contributed by atoms with E-state index in [2.05, 4.69) is 28.3 Å². The first kappa shape index (κ1) is 12.4. The second kappa shape index (κ2) is 5.49. The van der Waals surface area contributed by atoms with Crippen LogP contribution in [0.15, 0.2) is 30.5 Å². The Kier molecular flexibility index (Phi) is 3.77. The third kappa shape index (κ3) is 2.77. The molecule has 2 aromatic heterocycles. The molecule has 0 radical (unpaired) electrons. The number of hydrogen-bond donors (Lipinski definition) is 1. The van der Waals surface area contributed by atoms with Gasteiger partial charge in [0, 0.05) is 24.0 Å². The van der Waals surface area contributed by atoms with Crippen molar-refractivity contribution in [2.75, 3.05) is 12.4 Å². The molecule has 4 nitrogen and oxygen atoms in total. The molecule has 0 fully saturated rings. The van der Waals surface area contributed by atoms with E-state index in [1.54, 1.807) is 13.3 Å².